The second-order valence-corrected chi connectivity index (χ2v) is 7.89. The van der Waals surface area contributed by atoms with E-state index in [9.17, 15) is 9.59 Å². The van der Waals surface area contributed by atoms with Gasteiger partial charge in [-0.15, -0.1) is 11.3 Å². The molecule has 1 unspecified atom stereocenters. The first-order valence-corrected chi connectivity index (χ1v) is 9.83. The van der Waals surface area contributed by atoms with Crippen molar-refractivity contribution >= 4 is 28.8 Å². The molecule has 0 saturated carbocycles. The molecule has 1 atom stereocenters. The van der Waals surface area contributed by atoms with Gasteiger partial charge in [0, 0.05) is 41.7 Å². The molecule has 3 rings (SSSR count). The predicted molar refractivity (Wildman–Crippen MR) is 105 cm³/mol. The van der Waals surface area contributed by atoms with Gasteiger partial charge in [0.2, 0.25) is 5.91 Å². The standard InChI is InChI=1S/C20H25N3O2S/c1-13(21)6-7-19(24)22-17-5-3-4-16(14(17)2)20(25)23-10-8-18-15(12-23)9-11-26-18/h3-5,9,11,13H,6-8,10,12,21H2,1-2H3,(H,22,24). The number of nitrogens with one attached hydrogen (secondary N) is 1. The number of carbonyl (C=O) groups is 2. The number of nitrogens with zero attached hydrogens (tertiary/aromatic N) is 1. The third-order valence-corrected chi connectivity index (χ3v) is 5.78. The number of anilines is 1. The molecule has 1 aliphatic heterocycles. The van der Waals surface area contributed by atoms with E-state index in [0.717, 1.165) is 18.5 Å². The Morgan fingerprint density at radius 1 is 1.35 bits per heavy atom. The number of hydrogen-bond acceptors (Lipinski definition) is 4. The van der Waals surface area contributed by atoms with Crippen LogP contribution in [0.25, 0.3) is 0 Å². The van der Waals surface area contributed by atoms with Gasteiger partial charge >= 0.3 is 0 Å². The van der Waals surface area contributed by atoms with Crippen LogP contribution in [0.4, 0.5) is 5.69 Å². The topological polar surface area (TPSA) is 75.4 Å². The normalized spacial score (nSPS) is 14.7. The van der Waals surface area contributed by atoms with Crippen LogP contribution < -0.4 is 11.1 Å². The lowest BCUT2D eigenvalue weighted by Gasteiger charge is -2.28. The molecule has 0 saturated heterocycles. The van der Waals surface area contributed by atoms with Crippen LogP contribution in [0.3, 0.4) is 0 Å². The Morgan fingerprint density at radius 3 is 2.92 bits per heavy atom. The lowest BCUT2D eigenvalue weighted by atomic mass is 10.0. The monoisotopic (exact) mass is 371 g/mol. The number of nitrogens with two attached hydrogens (primary N) is 1. The van der Waals surface area contributed by atoms with Crippen molar-refractivity contribution in [1.29, 1.82) is 0 Å². The molecule has 1 aliphatic rings. The largest absolute Gasteiger partial charge is 0.334 e. The van der Waals surface area contributed by atoms with E-state index in [1.54, 1.807) is 11.3 Å². The zero-order chi connectivity index (χ0) is 18.7. The van der Waals surface area contributed by atoms with Gasteiger partial charge in [-0.3, -0.25) is 9.59 Å². The molecule has 2 heterocycles. The van der Waals surface area contributed by atoms with E-state index in [4.69, 9.17) is 5.73 Å². The van der Waals surface area contributed by atoms with Crippen molar-refractivity contribution in [2.45, 2.75) is 45.7 Å². The maximum absolute atomic E-state index is 13.0. The van der Waals surface area contributed by atoms with Gasteiger partial charge in [-0.1, -0.05) is 6.07 Å². The van der Waals surface area contributed by atoms with Crippen LogP contribution in [0, 0.1) is 6.92 Å². The third kappa shape index (κ3) is 4.14. The highest BCUT2D eigenvalue weighted by atomic mass is 32.1. The number of benzene rings is 1. The van der Waals surface area contributed by atoms with Crippen LogP contribution in [-0.2, 0) is 17.8 Å². The summed E-state index contributed by atoms with van der Waals surface area (Å²) in [6, 6.07) is 7.58. The maximum Gasteiger partial charge on any atom is 0.254 e. The Labute approximate surface area is 158 Å². The molecule has 0 bridgehead atoms. The minimum atomic E-state index is -0.0733. The lowest BCUT2D eigenvalue weighted by molar-refractivity contribution is -0.116. The number of rotatable bonds is 5. The van der Waals surface area contributed by atoms with Gasteiger partial charge in [0.05, 0.1) is 0 Å². The van der Waals surface area contributed by atoms with Gasteiger partial charge in [0.1, 0.15) is 0 Å². The first-order valence-electron chi connectivity index (χ1n) is 8.95. The molecule has 1 aromatic carbocycles. The smallest absolute Gasteiger partial charge is 0.254 e. The summed E-state index contributed by atoms with van der Waals surface area (Å²) in [5, 5.41) is 5.00. The van der Waals surface area contributed by atoms with E-state index in [2.05, 4.69) is 16.8 Å². The third-order valence-electron chi connectivity index (χ3n) is 4.76. The fraction of sp³-hybridized carbons (Fsp3) is 0.400. The molecule has 0 aliphatic carbocycles. The number of fused-ring (bicyclic) bond motifs is 1. The predicted octanol–water partition coefficient (Wildman–Crippen LogP) is 3.32. The first kappa shape index (κ1) is 18.6. The molecule has 5 nitrogen and oxygen atoms in total. The molecule has 2 aromatic rings. The van der Waals surface area contributed by atoms with Gasteiger partial charge in [0.15, 0.2) is 0 Å². The SMILES string of the molecule is Cc1c(NC(=O)CCC(C)N)cccc1C(=O)N1CCc2sccc2C1. The van der Waals surface area contributed by atoms with Crippen LogP contribution in [-0.4, -0.2) is 29.3 Å². The maximum atomic E-state index is 13.0. The highest BCUT2D eigenvalue weighted by Crippen LogP contribution is 2.27. The van der Waals surface area contributed by atoms with E-state index in [-0.39, 0.29) is 17.9 Å². The Bertz CT molecular complexity index is 813. The molecule has 0 radical (unpaired) electrons. The Kier molecular flexibility index (Phi) is 5.74. The second-order valence-electron chi connectivity index (χ2n) is 6.89. The Morgan fingerprint density at radius 2 is 2.15 bits per heavy atom. The van der Waals surface area contributed by atoms with Crippen molar-refractivity contribution in [1.82, 2.24) is 4.90 Å². The van der Waals surface area contributed by atoms with E-state index in [1.807, 2.05) is 36.9 Å². The second kappa shape index (κ2) is 8.01. The molecule has 1 aromatic heterocycles. The van der Waals surface area contributed by atoms with Crippen molar-refractivity contribution < 1.29 is 9.59 Å². The number of amides is 2. The molecule has 0 spiro atoms. The van der Waals surface area contributed by atoms with Gasteiger partial charge < -0.3 is 16.0 Å². The van der Waals surface area contributed by atoms with E-state index >= 15 is 0 Å². The minimum absolute atomic E-state index is 0.00384. The van der Waals surface area contributed by atoms with Crippen LogP contribution in [0.5, 0.6) is 0 Å². The van der Waals surface area contributed by atoms with Crippen molar-refractivity contribution in [2.75, 3.05) is 11.9 Å². The van der Waals surface area contributed by atoms with E-state index < -0.39 is 0 Å². The van der Waals surface area contributed by atoms with Gasteiger partial charge in [-0.2, -0.15) is 0 Å². The van der Waals surface area contributed by atoms with Crippen LogP contribution in [0.1, 0.15) is 46.1 Å². The summed E-state index contributed by atoms with van der Waals surface area (Å²) in [4.78, 5) is 28.4. The molecule has 138 valence electrons. The zero-order valence-electron chi connectivity index (χ0n) is 15.2. The summed E-state index contributed by atoms with van der Waals surface area (Å²) in [7, 11) is 0. The number of thiophene rings is 1. The average Bonchev–Trinajstić information content (AvgIpc) is 3.09. The number of hydrogen-bond donors (Lipinski definition) is 2. The molecule has 3 N–H and O–H groups in total. The highest BCUT2D eigenvalue weighted by Gasteiger charge is 2.24. The zero-order valence-corrected chi connectivity index (χ0v) is 16.1. The summed E-state index contributed by atoms with van der Waals surface area (Å²) in [6.07, 6.45) is 1.92. The summed E-state index contributed by atoms with van der Waals surface area (Å²) >= 11 is 1.76. The highest BCUT2D eigenvalue weighted by molar-refractivity contribution is 7.10. The average molecular weight is 372 g/mol. The summed E-state index contributed by atoms with van der Waals surface area (Å²) < 4.78 is 0. The molecular weight excluding hydrogens is 346 g/mol. The number of carbonyl (C=O) groups excluding carboxylic acids is 2. The van der Waals surface area contributed by atoms with Gasteiger partial charge in [0.25, 0.3) is 5.91 Å². The fourth-order valence-corrected chi connectivity index (χ4v) is 4.06. The van der Waals surface area contributed by atoms with Gasteiger partial charge in [-0.05, 0) is 61.4 Å². The molecule has 0 fully saturated rings. The quantitative estimate of drug-likeness (QED) is 0.846. The van der Waals surface area contributed by atoms with Crippen molar-refractivity contribution in [3.05, 3.63) is 51.2 Å². The van der Waals surface area contributed by atoms with E-state index in [1.165, 1.54) is 10.4 Å². The fourth-order valence-electron chi connectivity index (χ4n) is 3.17. The summed E-state index contributed by atoms with van der Waals surface area (Å²) in [5.74, 6) is -0.0538. The molecule has 2 amide bonds. The minimum Gasteiger partial charge on any atom is -0.334 e. The van der Waals surface area contributed by atoms with Crippen molar-refractivity contribution in [3.63, 3.8) is 0 Å². The molecular formula is C20H25N3O2S. The van der Waals surface area contributed by atoms with Crippen molar-refractivity contribution in [3.8, 4) is 0 Å². The van der Waals surface area contributed by atoms with Crippen molar-refractivity contribution in [2.24, 2.45) is 5.73 Å². The Hall–Kier alpha value is -2.18. The van der Waals surface area contributed by atoms with Crippen LogP contribution in [0.2, 0.25) is 0 Å². The summed E-state index contributed by atoms with van der Waals surface area (Å²) in [6.45, 7) is 5.16. The lowest BCUT2D eigenvalue weighted by Crippen LogP contribution is -2.35. The molecule has 6 heteroatoms. The van der Waals surface area contributed by atoms with Crippen LogP contribution in [0.15, 0.2) is 29.6 Å². The molecule has 26 heavy (non-hydrogen) atoms. The van der Waals surface area contributed by atoms with Crippen LogP contribution >= 0.6 is 11.3 Å². The summed E-state index contributed by atoms with van der Waals surface area (Å²) in [5.41, 5.74) is 9.10. The Balaban J connectivity index is 1.72. The van der Waals surface area contributed by atoms with Gasteiger partial charge in [-0.25, -0.2) is 0 Å². The van der Waals surface area contributed by atoms with E-state index in [0.29, 0.717) is 30.6 Å². The first-order chi connectivity index (χ1) is 12.5.